The highest BCUT2D eigenvalue weighted by Crippen LogP contribution is 2.10. The van der Waals surface area contributed by atoms with E-state index < -0.39 is 6.04 Å². The first-order valence-electron chi connectivity index (χ1n) is 5.10. The number of nitrogens with one attached hydrogen (secondary N) is 1. The van der Waals surface area contributed by atoms with Gasteiger partial charge in [0.2, 0.25) is 0 Å². The molecule has 0 aromatic heterocycles. The Hall–Kier alpha value is -0.810. The lowest BCUT2D eigenvalue weighted by Crippen LogP contribution is -2.41. The monoisotopic (exact) mass is 315 g/mol. The van der Waals surface area contributed by atoms with Crippen molar-refractivity contribution in [2.75, 3.05) is 12.0 Å². The fraction of sp³-hybridized carbons (Fsp3) is 0.333. The standard InChI is InChI=1S/C12H14BrNO2S/c1-8(15)11(7-17-2)14-12(16)9-3-5-10(13)6-4-9/h3-6,11H,7H2,1-2H3,(H,14,16)/t11-/m0/s1. The molecule has 0 bridgehead atoms. The molecule has 1 aromatic carbocycles. The predicted molar refractivity (Wildman–Crippen MR) is 74.5 cm³/mol. The van der Waals surface area contributed by atoms with Gasteiger partial charge in [-0.2, -0.15) is 11.8 Å². The van der Waals surface area contributed by atoms with Gasteiger partial charge in [0.05, 0.1) is 6.04 Å². The van der Waals surface area contributed by atoms with Crippen LogP contribution in [-0.2, 0) is 4.79 Å². The minimum absolute atomic E-state index is 0.0233. The number of benzene rings is 1. The van der Waals surface area contributed by atoms with Gasteiger partial charge in [0.1, 0.15) is 0 Å². The summed E-state index contributed by atoms with van der Waals surface area (Å²) >= 11 is 4.84. The van der Waals surface area contributed by atoms with Gasteiger partial charge in [0.25, 0.3) is 5.91 Å². The van der Waals surface area contributed by atoms with E-state index in [1.165, 1.54) is 18.7 Å². The highest BCUT2D eigenvalue weighted by Gasteiger charge is 2.17. The van der Waals surface area contributed by atoms with Crippen molar-refractivity contribution in [3.63, 3.8) is 0 Å². The topological polar surface area (TPSA) is 46.2 Å². The average Bonchev–Trinajstić information content (AvgIpc) is 2.29. The number of carbonyl (C=O) groups is 2. The molecule has 0 saturated heterocycles. The molecule has 1 amide bonds. The Morgan fingerprint density at radius 2 is 1.94 bits per heavy atom. The van der Waals surface area contributed by atoms with E-state index in [4.69, 9.17) is 0 Å². The molecule has 0 aliphatic rings. The number of thioether (sulfide) groups is 1. The minimum atomic E-state index is -0.416. The molecule has 0 unspecified atom stereocenters. The minimum Gasteiger partial charge on any atom is -0.341 e. The molecule has 0 fully saturated rings. The van der Waals surface area contributed by atoms with Crippen LogP contribution >= 0.6 is 27.7 Å². The first-order valence-corrected chi connectivity index (χ1v) is 7.29. The third kappa shape index (κ3) is 4.52. The number of halogens is 1. The lowest BCUT2D eigenvalue weighted by atomic mass is 10.2. The van der Waals surface area contributed by atoms with Crippen LogP contribution in [0.15, 0.2) is 28.7 Å². The second kappa shape index (κ2) is 6.81. The lowest BCUT2D eigenvalue weighted by molar-refractivity contribution is -0.118. The molecule has 17 heavy (non-hydrogen) atoms. The van der Waals surface area contributed by atoms with Gasteiger partial charge in [-0.25, -0.2) is 0 Å². The normalized spacial score (nSPS) is 11.9. The largest absolute Gasteiger partial charge is 0.341 e. The van der Waals surface area contributed by atoms with Gasteiger partial charge in [-0.05, 0) is 37.4 Å². The van der Waals surface area contributed by atoms with E-state index in [0.717, 1.165) is 4.47 Å². The summed E-state index contributed by atoms with van der Waals surface area (Å²) in [6.45, 7) is 1.49. The quantitative estimate of drug-likeness (QED) is 0.908. The third-order valence-corrected chi connectivity index (χ3v) is 3.43. The van der Waals surface area contributed by atoms with Crippen molar-refractivity contribution < 1.29 is 9.59 Å². The Morgan fingerprint density at radius 1 is 1.35 bits per heavy atom. The van der Waals surface area contributed by atoms with Crippen LogP contribution in [0, 0.1) is 0 Å². The zero-order valence-corrected chi connectivity index (χ0v) is 12.1. The van der Waals surface area contributed by atoms with Gasteiger partial charge in [-0.3, -0.25) is 9.59 Å². The van der Waals surface area contributed by atoms with Crippen molar-refractivity contribution in [2.45, 2.75) is 13.0 Å². The Bertz CT molecular complexity index is 405. The van der Waals surface area contributed by atoms with Crippen LogP contribution in [0.5, 0.6) is 0 Å². The van der Waals surface area contributed by atoms with Crippen molar-refractivity contribution in [2.24, 2.45) is 0 Å². The molecule has 5 heteroatoms. The van der Waals surface area contributed by atoms with Crippen LogP contribution in [-0.4, -0.2) is 29.7 Å². The van der Waals surface area contributed by atoms with Gasteiger partial charge in [-0.15, -0.1) is 0 Å². The number of Topliss-reactive ketones (excluding diaryl/α,β-unsaturated/α-hetero) is 1. The molecule has 1 rings (SSSR count). The summed E-state index contributed by atoms with van der Waals surface area (Å²) in [4.78, 5) is 23.2. The maximum Gasteiger partial charge on any atom is 0.251 e. The van der Waals surface area contributed by atoms with E-state index in [1.54, 1.807) is 24.3 Å². The maximum absolute atomic E-state index is 11.9. The number of ketones is 1. The number of carbonyl (C=O) groups excluding carboxylic acids is 2. The van der Waals surface area contributed by atoms with E-state index in [0.29, 0.717) is 11.3 Å². The molecule has 0 heterocycles. The molecule has 0 radical (unpaired) electrons. The van der Waals surface area contributed by atoms with Crippen molar-refractivity contribution >= 4 is 39.4 Å². The van der Waals surface area contributed by atoms with Gasteiger partial charge < -0.3 is 5.32 Å². The summed E-state index contributed by atoms with van der Waals surface area (Å²) < 4.78 is 0.918. The molecule has 1 N–H and O–H groups in total. The van der Waals surface area contributed by atoms with E-state index in [-0.39, 0.29) is 11.7 Å². The molecule has 92 valence electrons. The first kappa shape index (κ1) is 14.3. The molecule has 1 atom stereocenters. The highest BCUT2D eigenvalue weighted by molar-refractivity contribution is 9.10. The smallest absolute Gasteiger partial charge is 0.251 e. The first-order chi connectivity index (χ1) is 8.04. The second-order valence-corrected chi connectivity index (χ2v) is 5.43. The van der Waals surface area contributed by atoms with Crippen LogP contribution in [0.4, 0.5) is 0 Å². The summed E-state index contributed by atoms with van der Waals surface area (Å²) in [7, 11) is 0. The van der Waals surface area contributed by atoms with Gasteiger partial charge in [-0.1, -0.05) is 15.9 Å². The van der Waals surface area contributed by atoms with Gasteiger partial charge >= 0.3 is 0 Å². The number of rotatable bonds is 5. The summed E-state index contributed by atoms with van der Waals surface area (Å²) in [5.41, 5.74) is 0.556. The van der Waals surface area contributed by atoms with Crippen LogP contribution in [0.3, 0.4) is 0 Å². The van der Waals surface area contributed by atoms with Crippen molar-refractivity contribution in [1.82, 2.24) is 5.32 Å². The van der Waals surface area contributed by atoms with Gasteiger partial charge in [0.15, 0.2) is 5.78 Å². The van der Waals surface area contributed by atoms with Crippen LogP contribution in [0.25, 0.3) is 0 Å². The number of hydrogen-bond donors (Lipinski definition) is 1. The fourth-order valence-corrected chi connectivity index (χ4v) is 2.19. The summed E-state index contributed by atoms with van der Waals surface area (Å²) in [5.74, 6) is 0.356. The third-order valence-electron chi connectivity index (χ3n) is 2.24. The molecular weight excluding hydrogens is 302 g/mol. The van der Waals surface area contributed by atoms with E-state index in [2.05, 4.69) is 21.2 Å². The fourth-order valence-electron chi connectivity index (χ4n) is 1.27. The van der Waals surface area contributed by atoms with E-state index in [9.17, 15) is 9.59 Å². The second-order valence-electron chi connectivity index (χ2n) is 3.60. The molecule has 0 aliphatic heterocycles. The molecule has 0 saturated carbocycles. The van der Waals surface area contributed by atoms with Crippen molar-refractivity contribution in [1.29, 1.82) is 0 Å². The summed E-state index contributed by atoms with van der Waals surface area (Å²) in [6.07, 6.45) is 1.90. The molecule has 0 spiro atoms. The lowest BCUT2D eigenvalue weighted by Gasteiger charge is -2.14. The Labute approximate surface area is 113 Å². The zero-order chi connectivity index (χ0) is 12.8. The average molecular weight is 316 g/mol. The molecule has 3 nitrogen and oxygen atoms in total. The van der Waals surface area contributed by atoms with E-state index in [1.807, 2.05) is 6.26 Å². The maximum atomic E-state index is 11.9. The van der Waals surface area contributed by atoms with Crippen LogP contribution < -0.4 is 5.32 Å². The summed E-state index contributed by atoms with van der Waals surface area (Å²) in [6, 6.07) is 6.62. The van der Waals surface area contributed by atoms with Crippen molar-refractivity contribution in [3.05, 3.63) is 34.3 Å². The Morgan fingerprint density at radius 3 is 2.41 bits per heavy atom. The summed E-state index contributed by atoms with van der Waals surface area (Å²) in [5, 5.41) is 2.73. The molecule has 0 aliphatic carbocycles. The number of amides is 1. The van der Waals surface area contributed by atoms with E-state index >= 15 is 0 Å². The molecule has 1 aromatic rings. The van der Waals surface area contributed by atoms with Crippen molar-refractivity contribution in [3.8, 4) is 0 Å². The predicted octanol–water partition coefficient (Wildman–Crippen LogP) is 2.50. The highest BCUT2D eigenvalue weighted by atomic mass is 79.9. The Balaban J connectivity index is 2.70. The Kier molecular flexibility index (Phi) is 5.71. The van der Waals surface area contributed by atoms with Crippen LogP contribution in [0.2, 0.25) is 0 Å². The van der Waals surface area contributed by atoms with Gasteiger partial charge in [0, 0.05) is 15.8 Å². The zero-order valence-electron chi connectivity index (χ0n) is 9.70. The number of hydrogen-bond acceptors (Lipinski definition) is 3. The van der Waals surface area contributed by atoms with Crippen LogP contribution in [0.1, 0.15) is 17.3 Å². The SMILES string of the molecule is CSC[C@H](NC(=O)c1ccc(Br)cc1)C(C)=O. The molecular formula is C12H14BrNO2S.